The first-order valence-electron chi connectivity index (χ1n) is 8.75. The van der Waals surface area contributed by atoms with Gasteiger partial charge in [0, 0.05) is 12.8 Å². The first-order valence-corrected chi connectivity index (χ1v) is 8.75. The molecule has 2 unspecified atom stereocenters. The van der Waals surface area contributed by atoms with E-state index < -0.39 is 0 Å². The molecule has 0 aromatic heterocycles. The molecule has 0 saturated carbocycles. The Labute approximate surface area is 135 Å². The van der Waals surface area contributed by atoms with Gasteiger partial charge in [0.05, 0.1) is 6.10 Å². The van der Waals surface area contributed by atoms with Gasteiger partial charge in [0.15, 0.2) is 0 Å². The third kappa shape index (κ3) is 11.6. The molecule has 0 aliphatic heterocycles. The molecular weight excluding hydrogens is 280 g/mol. The first kappa shape index (κ1) is 20.9. The molecule has 0 aliphatic rings. The van der Waals surface area contributed by atoms with Gasteiger partial charge in [-0.2, -0.15) is 0 Å². The second-order valence-corrected chi connectivity index (χ2v) is 6.44. The zero-order chi connectivity index (χ0) is 17.0. The van der Waals surface area contributed by atoms with Crippen LogP contribution >= 0.6 is 0 Å². The molecule has 0 amide bonds. The van der Waals surface area contributed by atoms with Crippen LogP contribution in [0.4, 0.5) is 0 Å². The van der Waals surface area contributed by atoms with Gasteiger partial charge in [0.25, 0.3) is 0 Å². The van der Waals surface area contributed by atoms with Crippen molar-refractivity contribution in [2.24, 2.45) is 5.92 Å². The highest BCUT2D eigenvalue weighted by Gasteiger charge is 2.14. The maximum Gasteiger partial charge on any atom is 0.306 e. The molecule has 0 bridgehead atoms. The van der Waals surface area contributed by atoms with Crippen molar-refractivity contribution >= 4 is 11.9 Å². The molecule has 130 valence electrons. The lowest BCUT2D eigenvalue weighted by molar-refractivity contribution is -0.151. The zero-order valence-corrected chi connectivity index (χ0v) is 15.0. The Morgan fingerprint density at radius 3 is 1.95 bits per heavy atom. The quantitative estimate of drug-likeness (QED) is 0.389. The van der Waals surface area contributed by atoms with Crippen LogP contribution in [0.25, 0.3) is 0 Å². The predicted molar refractivity (Wildman–Crippen MR) is 88.6 cm³/mol. The molecule has 0 fully saturated rings. The van der Waals surface area contributed by atoms with Crippen molar-refractivity contribution in [2.45, 2.75) is 98.2 Å². The van der Waals surface area contributed by atoms with Crippen molar-refractivity contribution in [1.29, 1.82) is 0 Å². The fourth-order valence-electron chi connectivity index (χ4n) is 1.98. The molecule has 0 radical (unpaired) electrons. The van der Waals surface area contributed by atoms with Crippen LogP contribution in [-0.2, 0) is 19.1 Å². The summed E-state index contributed by atoms with van der Waals surface area (Å²) in [6.07, 6.45) is 6.59. The Balaban J connectivity index is 3.70. The number of carbonyl (C=O) groups is 2. The Kier molecular flexibility index (Phi) is 11.9. The van der Waals surface area contributed by atoms with Gasteiger partial charge in [-0.05, 0) is 39.0 Å². The average molecular weight is 314 g/mol. The minimum atomic E-state index is -0.235. The lowest BCUT2D eigenvalue weighted by Gasteiger charge is -2.16. The summed E-state index contributed by atoms with van der Waals surface area (Å²) in [6.45, 7) is 10.0. The first-order chi connectivity index (χ1) is 10.4. The van der Waals surface area contributed by atoms with Crippen LogP contribution in [0.15, 0.2) is 0 Å². The van der Waals surface area contributed by atoms with Gasteiger partial charge >= 0.3 is 11.9 Å². The monoisotopic (exact) mass is 314 g/mol. The number of ether oxygens (including phenoxy) is 2. The van der Waals surface area contributed by atoms with Crippen LogP contribution in [0, 0.1) is 5.92 Å². The summed E-state index contributed by atoms with van der Waals surface area (Å²) in [5.41, 5.74) is 0. The van der Waals surface area contributed by atoms with E-state index in [4.69, 9.17) is 9.47 Å². The Bertz CT molecular complexity index is 312. The molecule has 22 heavy (non-hydrogen) atoms. The summed E-state index contributed by atoms with van der Waals surface area (Å²) in [6, 6.07) is 0. The standard InChI is InChI=1S/C18H34O4/c1-6-7-8-9-11-15(4)21-17(19)12-10-13-18(20)22-16(5)14(2)3/h14-16H,6-13H2,1-5H3. The Hall–Kier alpha value is -1.06. The highest BCUT2D eigenvalue weighted by atomic mass is 16.5. The summed E-state index contributed by atoms with van der Waals surface area (Å²) in [4.78, 5) is 23.3. The van der Waals surface area contributed by atoms with E-state index in [0.29, 0.717) is 12.3 Å². The number of rotatable bonds is 12. The third-order valence-corrected chi connectivity index (χ3v) is 3.81. The zero-order valence-electron chi connectivity index (χ0n) is 15.0. The molecule has 2 atom stereocenters. The number of carbonyl (C=O) groups excluding carboxylic acids is 2. The average Bonchev–Trinajstić information content (AvgIpc) is 2.43. The topological polar surface area (TPSA) is 52.6 Å². The summed E-state index contributed by atoms with van der Waals surface area (Å²) in [5, 5.41) is 0. The van der Waals surface area contributed by atoms with Crippen LogP contribution in [-0.4, -0.2) is 24.1 Å². The smallest absolute Gasteiger partial charge is 0.306 e. The molecule has 0 aliphatic carbocycles. The fourth-order valence-corrected chi connectivity index (χ4v) is 1.98. The molecular formula is C18H34O4. The third-order valence-electron chi connectivity index (χ3n) is 3.81. The van der Waals surface area contributed by atoms with E-state index in [0.717, 1.165) is 12.8 Å². The van der Waals surface area contributed by atoms with Crippen molar-refractivity contribution in [3.05, 3.63) is 0 Å². The summed E-state index contributed by atoms with van der Waals surface area (Å²) < 4.78 is 10.6. The van der Waals surface area contributed by atoms with E-state index in [2.05, 4.69) is 6.92 Å². The van der Waals surface area contributed by atoms with Gasteiger partial charge in [0.2, 0.25) is 0 Å². The Morgan fingerprint density at radius 1 is 0.818 bits per heavy atom. The molecule has 0 aromatic rings. The summed E-state index contributed by atoms with van der Waals surface area (Å²) in [5.74, 6) is -0.142. The van der Waals surface area contributed by atoms with E-state index in [1.54, 1.807) is 0 Å². The van der Waals surface area contributed by atoms with Crippen LogP contribution < -0.4 is 0 Å². The molecule has 0 spiro atoms. The largest absolute Gasteiger partial charge is 0.463 e. The lowest BCUT2D eigenvalue weighted by Crippen LogP contribution is -2.20. The van der Waals surface area contributed by atoms with Crippen molar-refractivity contribution in [3.63, 3.8) is 0 Å². The minimum Gasteiger partial charge on any atom is -0.463 e. The molecule has 0 aromatic carbocycles. The van der Waals surface area contributed by atoms with E-state index >= 15 is 0 Å². The van der Waals surface area contributed by atoms with Crippen LogP contribution in [0.2, 0.25) is 0 Å². The maximum atomic E-state index is 11.7. The van der Waals surface area contributed by atoms with Gasteiger partial charge in [-0.1, -0.05) is 40.0 Å². The van der Waals surface area contributed by atoms with Crippen LogP contribution in [0.3, 0.4) is 0 Å². The van der Waals surface area contributed by atoms with E-state index in [1.807, 2.05) is 27.7 Å². The van der Waals surface area contributed by atoms with E-state index in [-0.39, 0.29) is 37.0 Å². The maximum absolute atomic E-state index is 11.7. The SMILES string of the molecule is CCCCCCC(C)OC(=O)CCCC(=O)OC(C)C(C)C. The number of esters is 2. The molecule has 4 nitrogen and oxygen atoms in total. The normalized spacial score (nSPS) is 13.7. The minimum absolute atomic E-state index is 0.0303. The van der Waals surface area contributed by atoms with Crippen molar-refractivity contribution in [3.8, 4) is 0 Å². The molecule has 0 N–H and O–H groups in total. The number of unbranched alkanes of at least 4 members (excludes halogenated alkanes) is 3. The summed E-state index contributed by atoms with van der Waals surface area (Å²) in [7, 11) is 0. The van der Waals surface area contributed by atoms with Crippen molar-refractivity contribution in [1.82, 2.24) is 0 Å². The van der Waals surface area contributed by atoms with Gasteiger partial charge in [0.1, 0.15) is 6.10 Å². The van der Waals surface area contributed by atoms with Crippen molar-refractivity contribution < 1.29 is 19.1 Å². The van der Waals surface area contributed by atoms with Gasteiger partial charge in [-0.3, -0.25) is 9.59 Å². The van der Waals surface area contributed by atoms with Crippen LogP contribution in [0.1, 0.15) is 86.0 Å². The number of hydrogen-bond acceptors (Lipinski definition) is 4. The number of hydrogen-bond donors (Lipinski definition) is 0. The van der Waals surface area contributed by atoms with E-state index in [1.165, 1.54) is 19.3 Å². The fraction of sp³-hybridized carbons (Fsp3) is 0.889. The van der Waals surface area contributed by atoms with Crippen LogP contribution in [0.5, 0.6) is 0 Å². The highest BCUT2D eigenvalue weighted by Crippen LogP contribution is 2.11. The molecule has 0 rings (SSSR count). The second kappa shape index (κ2) is 12.5. The second-order valence-electron chi connectivity index (χ2n) is 6.44. The highest BCUT2D eigenvalue weighted by molar-refractivity contribution is 5.72. The molecule has 0 heterocycles. The molecule has 4 heteroatoms. The van der Waals surface area contributed by atoms with E-state index in [9.17, 15) is 9.59 Å². The van der Waals surface area contributed by atoms with Gasteiger partial charge in [-0.15, -0.1) is 0 Å². The van der Waals surface area contributed by atoms with Gasteiger partial charge in [-0.25, -0.2) is 0 Å². The van der Waals surface area contributed by atoms with Crippen molar-refractivity contribution in [2.75, 3.05) is 0 Å². The summed E-state index contributed by atoms with van der Waals surface area (Å²) >= 11 is 0. The molecule has 0 saturated heterocycles. The Morgan fingerprint density at radius 2 is 1.41 bits per heavy atom. The lowest BCUT2D eigenvalue weighted by atomic mass is 10.1. The van der Waals surface area contributed by atoms with Gasteiger partial charge < -0.3 is 9.47 Å². The predicted octanol–water partition coefficient (Wildman–Crippen LogP) is 4.65.